The molecule has 3 heteroatoms. The number of carbonyl (C=O) groups excluding carboxylic acids is 1. The highest BCUT2D eigenvalue weighted by Crippen LogP contribution is 2.19. The lowest BCUT2D eigenvalue weighted by atomic mass is 10.1. The molecule has 82 valence electrons. The predicted molar refractivity (Wildman–Crippen MR) is 59.9 cm³/mol. The van der Waals surface area contributed by atoms with E-state index < -0.39 is 5.97 Å². The third-order valence-corrected chi connectivity index (χ3v) is 2.58. The molecule has 0 amide bonds. The number of carboxylic acids is 1. The molecule has 0 aliphatic heterocycles. The van der Waals surface area contributed by atoms with Crippen LogP contribution in [0.3, 0.4) is 0 Å². The van der Waals surface area contributed by atoms with Gasteiger partial charge in [-0.25, -0.2) is 0 Å². The van der Waals surface area contributed by atoms with E-state index in [4.69, 9.17) is 0 Å². The van der Waals surface area contributed by atoms with Gasteiger partial charge in [0.1, 0.15) is 0 Å². The summed E-state index contributed by atoms with van der Waals surface area (Å²) in [6.07, 6.45) is 0.995. The van der Waals surface area contributed by atoms with Gasteiger partial charge in [-0.2, -0.15) is 0 Å². The van der Waals surface area contributed by atoms with E-state index in [0.717, 1.165) is 17.7 Å². The van der Waals surface area contributed by atoms with Crippen LogP contribution < -0.4 is 5.11 Å². The molecule has 0 fully saturated rings. The van der Waals surface area contributed by atoms with E-state index in [1.165, 1.54) is 11.6 Å². The summed E-state index contributed by atoms with van der Waals surface area (Å²) in [6.45, 7) is 2.10. The van der Waals surface area contributed by atoms with Gasteiger partial charge >= 0.3 is 0 Å². The maximum absolute atomic E-state index is 10.6. The highest BCUT2D eigenvalue weighted by atomic mass is 16.4. The lowest BCUT2D eigenvalue weighted by molar-refractivity contribution is -0.255. The van der Waals surface area contributed by atoms with E-state index in [1.807, 2.05) is 24.3 Å². The average Bonchev–Trinajstić information content (AvgIpc) is 2.78. The van der Waals surface area contributed by atoms with Crippen LogP contribution in [0.5, 0.6) is 0 Å². The van der Waals surface area contributed by atoms with Crippen LogP contribution in [-0.2, 0) is 6.42 Å². The van der Waals surface area contributed by atoms with E-state index >= 15 is 0 Å². The topological polar surface area (TPSA) is 55.9 Å². The van der Waals surface area contributed by atoms with Gasteiger partial charge in [-0.3, -0.25) is 0 Å². The van der Waals surface area contributed by atoms with Crippen molar-refractivity contribution < 1.29 is 9.90 Å². The number of benzene rings is 1. The third-order valence-electron chi connectivity index (χ3n) is 2.58. The first kappa shape index (κ1) is 10.5. The van der Waals surface area contributed by atoms with E-state index in [-0.39, 0.29) is 5.69 Å². The Labute approximate surface area is 93.7 Å². The largest absolute Gasteiger partial charge is 0.543 e. The maximum atomic E-state index is 10.6. The predicted octanol–water partition coefficient (Wildman–Crippen LogP) is 1.61. The molecule has 2 rings (SSSR count). The van der Waals surface area contributed by atoms with Crippen molar-refractivity contribution in [1.82, 2.24) is 4.98 Å². The Kier molecular flexibility index (Phi) is 2.77. The highest BCUT2D eigenvalue weighted by Gasteiger charge is 2.01. The van der Waals surface area contributed by atoms with E-state index in [9.17, 15) is 9.90 Å². The van der Waals surface area contributed by atoms with Gasteiger partial charge in [0.25, 0.3) is 0 Å². The molecular weight excluding hydrogens is 202 g/mol. The summed E-state index contributed by atoms with van der Waals surface area (Å²) in [7, 11) is 0. The summed E-state index contributed by atoms with van der Waals surface area (Å²) in [5.74, 6) is -1.18. The van der Waals surface area contributed by atoms with Gasteiger partial charge in [0.15, 0.2) is 0 Å². The zero-order valence-corrected chi connectivity index (χ0v) is 8.99. The van der Waals surface area contributed by atoms with Crippen molar-refractivity contribution in [2.45, 2.75) is 13.3 Å². The normalized spacial score (nSPS) is 10.3. The lowest BCUT2D eigenvalue weighted by Crippen LogP contribution is -2.22. The number of hydrogen-bond donors (Lipinski definition) is 1. The van der Waals surface area contributed by atoms with Crippen molar-refractivity contribution in [1.29, 1.82) is 0 Å². The number of carboxylic acid groups (broad SMARTS) is 1. The fourth-order valence-electron chi connectivity index (χ4n) is 1.60. The Bertz CT molecular complexity index is 497. The van der Waals surface area contributed by atoms with Crippen LogP contribution in [0.15, 0.2) is 36.4 Å². The minimum absolute atomic E-state index is 0.106. The van der Waals surface area contributed by atoms with Gasteiger partial charge in [0.2, 0.25) is 0 Å². The molecule has 0 aliphatic carbocycles. The van der Waals surface area contributed by atoms with Crippen LogP contribution in [0.25, 0.3) is 11.3 Å². The molecule has 0 saturated carbocycles. The van der Waals surface area contributed by atoms with Crippen LogP contribution >= 0.6 is 0 Å². The molecule has 0 radical (unpaired) electrons. The molecule has 1 N–H and O–H groups in total. The first-order valence-electron chi connectivity index (χ1n) is 5.20. The first-order valence-corrected chi connectivity index (χ1v) is 5.20. The average molecular weight is 214 g/mol. The number of aromatic carboxylic acids is 1. The number of aryl methyl sites for hydroxylation is 1. The lowest BCUT2D eigenvalue weighted by Gasteiger charge is -2.01. The summed E-state index contributed by atoms with van der Waals surface area (Å²) in [6, 6.07) is 11.3. The second-order valence-electron chi connectivity index (χ2n) is 3.62. The summed E-state index contributed by atoms with van der Waals surface area (Å²) < 4.78 is 0. The quantitative estimate of drug-likeness (QED) is 0.843. The number of rotatable bonds is 3. The molecule has 0 atom stereocenters. The van der Waals surface area contributed by atoms with Crippen LogP contribution in [0.1, 0.15) is 23.0 Å². The molecule has 0 bridgehead atoms. The number of H-pyrrole nitrogens is 1. The fourth-order valence-corrected chi connectivity index (χ4v) is 1.60. The second kappa shape index (κ2) is 4.23. The van der Waals surface area contributed by atoms with Crippen LogP contribution in [0.4, 0.5) is 0 Å². The highest BCUT2D eigenvalue weighted by molar-refractivity contribution is 5.85. The summed E-state index contributed by atoms with van der Waals surface area (Å²) in [4.78, 5) is 13.4. The second-order valence-corrected chi connectivity index (χ2v) is 3.62. The molecular formula is C13H12NO2-. The van der Waals surface area contributed by atoms with E-state index in [0.29, 0.717) is 0 Å². The van der Waals surface area contributed by atoms with Gasteiger partial charge in [-0.05, 0) is 29.7 Å². The fraction of sp³-hybridized carbons (Fsp3) is 0.154. The van der Waals surface area contributed by atoms with E-state index in [1.54, 1.807) is 6.07 Å². The van der Waals surface area contributed by atoms with Crippen LogP contribution in [0, 0.1) is 0 Å². The Morgan fingerprint density at radius 1 is 1.19 bits per heavy atom. The van der Waals surface area contributed by atoms with Crippen LogP contribution in [0.2, 0.25) is 0 Å². The van der Waals surface area contributed by atoms with E-state index in [2.05, 4.69) is 11.9 Å². The molecule has 1 aromatic carbocycles. The maximum Gasteiger partial charge on any atom is 0.0878 e. The van der Waals surface area contributed by atoms with Crippen molar-refractivity contribution >= 4 is 5.97 Å². The Balaban J connectivity index is 2.31. The molecule has 0 saturated heterocycles. The van der Waals surface area contributed by atoms with Crippen LogP contribution in [-0.4, -0.2) is 11.0 Å². The molecule has 0 unspecified atom stereocenters. The van der Waals surface area contributed by atoms with Gasteiger partial charge in [0.05, 0.1) is 11.7 Å². The Morgan fingerprint density at radius 3 is 2.38 bits per heavy atom. The Morgan fingerprint density at radius 2 is 1.88 bits per heavy atom. The zero-order valence-electron chi connectivity index (χ0n) is 8.99. The zero-order chi connectivity index (χ0) is 11.5. The van der Waals surface area contributed by atoms with Gasteiger partial charge < -0.3 is 14.9 Å². The van der Waals surface area contributed by atoms with Crippen molar-refractivity contribution in [2.75, 3.05) is 0 Å². The molecule has 0 aliphatic rings. The monoisotopic (exact) mass is 214 g/mol. The third kappa shape index (κ3) is 1.98. The summed E-state index contributed by atoms with van der Waals surface area (Å²) >= 11 is 0. The number of hydrogen-bond acceptors (Lipinski definition) is 2. The number of aromatic amines is 1. The molecule has 2 aromatic rings. The van der Waals surface area contributed by atoms with Crippen molar-refractivity contribution in [3.8, 4) is 11.3 Å². The number of carbonyl (C=O) groups is 1. The Hall–Kier alpha value is -2.03. The molecule has 0 spiro atoms. The minimum Gasteiger partial charge on any atom is -0.543 e. The standard InChI is InChI=1S/C13H13NO2/c1-2-9-3-5-10(6-4-9)11-7-8-12(14-11)13(15)16/h3-8,14H,2H2,1H3,(H,15,16)/p-1. The summed E-state index contributed by atoms with van der Waals surface area (Å²) in [5, 5.41) is 10.6. The van der Waals surface area contributed by atoms with Crippen molar-refractivity contribution in [3.05, 3.63) is 47.7 Å². The molecule has 3 nitrogen and oxygen atoms in total. The molecule has 1 aromatic heterocycles. The number of aromatic nitrogens is 1. The van der Waals surface area contributed by atoms with Gasteiger partial charge in [-0.1, -0.05) is 31.2 Å². The van der Waals surface area contributed by atoms with Gasteiger partial charge in [0, 0.05) is 5.69 Å². The summed E-state index contributed by atoms with van der Waals surface area (Å²) in [5.41, 5.74) is 3.14. The molecule has 1 heterocycles. The smallest absolute Gasteiger partial charge is 0.0878 e. The van der Waals surface area contributed by atoms with Crippen molar-refractivity contribution in [2.24, 2.45) is 0 Å². The molecule has 16 heavy (non-hydrogen) atoms. The number of nitrogens with one attached hydrogen (secondary N) is 1. The van der Waals surface area contributed by atoms with Crippen molar-refractivity contribution in [3.63, 3.8) is 0 Å². The minimum atomic E-state index is -1.18. The first-order chi connectivity index (χ1) is 7.70. The van der Waals surface area contributed by atoms with Gasteiger partial charge in [-0.15, -0.1) is 0 Å². The SMILES string of the molecule is CCc1ccc(-c2ccc(C(=O)[O-])[nH]2)cc1.